The molecule has 1 fully saturated rings. The lowest BCUT2D eigenvalue weighted by atomic mass is 10.0. The normalized spacial score (nSPS) is 22.7. The highest BCUT2D eigenvalue weighted by atomic mass is 16.2. The first-order valence-corrected chi connectivity index (χ1v) is 5.27. The van der Waals surface area contributed by atoms with E-state index in [0.29, 0.717) is 19.4 Å². The fourth-order valence-electron chi connectivity index (χ4n) is 1.64. The summed E-state index contributed by atoms with van der Waals surface area (Å²) in [6, 6.07) is -0.484. The summed E-state index contributed by atoms with van der Waals surface area (Å²) in [5, 5.41) is 0. The van der Waals surface area contributed by atoms with Crippen molar-refractivity contribution in [3.05, 3.63) is 0 Å². The number of hydrogen-bond donors (Lipinski definition) is 1. The smallest absolute Gasteiger partial charge is 0.246 e. The van der Waals surface area contributed by atoms with Crippen molar-refractivity contribution in [3.8, 4) is 0 Å². The Hall–Kier alpha value is -0.940. The van der Waals surface area contributed by atoms with Crippen LogP contribution >= 0.6 is 0 Å². The zero-order valence-corrected chi connectivity index (χ0v) is 9.40. The molecule has 0 spiro atoms. The highest BCUT2D eigenvalue weighted by Gasteiger charge is 2.31. The lowest BCUT2D eigenvalue weighted by Gasteiger charge is -2.28. The first-order valence-electron chi connectivity index (χ1n) is 5.27. The minimum Gasteiger partial charge on any atom is -0.320 e. The molecular weight excluding hydrogens is 194 g/mol. The van der Waals surface area contributed by atoms with Crippen molar-refractivity contribution in [1.29, 1.82) is 0 Å². The van der Waals surface area contributed by atoms with Gasteiger partial charge in [-0.1, -0.05) is 0 Å². The van der Waals surface area contributed by atoms with E-state index in [9.17, 15) is 9.59 Å². The monoisotopic (exact) mass is 213 g/mol. The number of likely N-dealkylation sites (tertiary alicyclic amines) is 1. The molecule has 0 unspecified atom stereocenters. The van der Waals surface area contributed by atoms with Crippen LogP contribution in [0.4, 0.5) is 0 Å². The van der Waals surface area contributed by atoms with Crippen molar-refractivity contribution in [2.45, 2.75) is 25.3 Å². The molecule has 1 atom stereocenters. The third-order valence-corrected chi connectivity index (χ3v) is 2.54. The lowest BCUT2D eigenvalue weighted by Crippen LogP contribution is -2.51. The summed E-state index contributed by atoms with van der Waals surface area (Å²) in [5.41, 5.74) is 5.61. The Morgan fingerprint density at radius 2 is 2.13 bits per heavy atom. The molecule has 1 heterocycles. The van der Waals surface area contributed by atoms with Crippen LogP contribution < -0.4 is 5.73 Å². The molecule has 5 heteroatoms. The summed E-state index contributed by atoms with van der Waals surface area (Å²) in [6.45, 7) is 1.36. The molecule has 2 N–H and O–H groups in total. The minimum absolute atomic E-state index is 0.0829. The van der Waals surface area contributed by atoms with E-state index in [4.69, 9.17) is 5.73 Å². The maximum atomic E-state index is 11.6. The van der Waals surface area contributed by atoms with Crippen molar-refractivity contribution >= 4 is 11.8 Å². The van der Waals surface area contributed by atoms with Gasteiger partial charge in [0.15, 0.2) is 0 Å². The van der Waals surface area contributed by atoms with Crippen molar-refractivity contribution in [3.63, 3.8) is 0 Å². The molecular formula is C10H19N3O2. The highest BCUT2D eigenvalue weighted by Crippen LogP contribution is 2.11. The number of piperidine rings is 1. The third-order valence-electron chi connectivity index (χ3n) is 2.54. The predicted octanol–water partition coefficient (Wildman–Crippen LogP) is -0.586. The van der Waals surface area contributed by atoms with Gasteiger partial charge in [-0.25, -0.2) is 0 Å². The van der Waals surface area contributed by atoms with Crippen LogP contribution in [0, 0.1) is 0 Å². The average molecular weight is 213 g/mol. The van der Waals surface area contributed by atoms with Gasteiger partial charge >= 0.3 is 0 Å². The second kappa shape index (κ2) is 5.23. The summed E-state index contributed by atoms with van der Waals surface area (Å²) >= 11 is 0. The Morgan fingerprint density at radius 3 is 2.73 bits per heavy atom. The summed E-state index contributed by atoms with van der Waals surface area (Å²) in [5.74, 6) is -0.300. The van der Waals surface area contributed by atoms with E-state index >= 15 is 0 Å². The van der Waals surface area contributed by atoms with Gasteiger partial charge in [-0.05, 0) is 33.5 Å². The number of amides is 2. The van der Waals surface area contributed by atoms with Crippen LogP contribution in [0.15, 0.2) is 0 Å². The van der Waals surface area contributed by atoms with Gasteiger partial charge in [0.2, 0.25) is 11.8 Å². The molecule has 0 aliphatic carbocycles. The summed E-state index contributed by atoms with van der Waals surface area (Å²) in [4.78, 5) is 26.4. The molecule has 5 nitrogen and oxygen atoms in total. The first kappa shape index (κ1) is 12.1. The fraction of sp³-hybridized carbons (Fsp3) is 0.800. The van der Waals surface area contributed by atoms with E-state index in [1.165, 1.54) is 4.90 Å². The number of carbonyl (C=O) groups excluding carboxylic acids is 2. The highest BCUT2D eigenvalue weighted by molar-refractivity contribution is 6.00. The Labute approximate surface area is 90.2 Å². The third kappa shape index (κ3) is 3.28. The topological polar surface area (TPSA) is 66.6 Å². The van der Waals surface area contributed by atoms with E-state index in [1.54, 1.807) is 0 Å². The Kier molecular flexibility index (Phi) is 4.23. The Morgan fingerprint density at radius 1 is 1.47 bits per heavy atom. The van der Waals surface area contributed by atoms with E-state index in [2.05, 4.69) is 0 Å². The molecule has 0 saturated carbocycles. The molecule has 1 aliphatic heterocycles. The van der Waals surface area contributed by atoms with Crippen molar-refractivity contribution in [1.82, 2.24) is 9.80 Å². The van der Waals surface area contributed by atoms with Gasteiger partial charge < -0.3 is 10.6 Å². The first-order chi connectivity index (χ1) is 7.02. The van der Waals surface area contributed by atoms with Crippen molar-refractivity contribution < 1.29 is 9.59 Å². The standard InChI is InChI=1S/C10H19N3O2/c1-12(2)6-3-7-13-9(14)5-4-8(11)10(13)15/h8H,3-7,11H2,1-2H3/t8-/m0/s1. The van der Waals surface area contributed by atoms with Crippen LogP contribution in [0.5, 0.6) is 0 Å². The molecule has 2 amide bonds. The molecule has 1 rings (SSSR count). The Balaban J connectivity index is 2.43. The van der Waals surface area contributed by atoms with Crippen LogP contribution in [0.1, 0.15) is 19.3 Å². The average Bonchev–Trinajstić information content (AvgIpc) is 2.17. The number of rotatable bonds is 4. The van der Waals surface area contributed by atoms with Gasteiger partial charge in [0, 0.05) is 13.0 Å². The van der Waals surface area contributed by atoms with Crippen molar-refractivity contribution in [2.75, 3.05) is 27.2 Å². The van der Waals surface area contributed by atoms with Crippen LogP contribution in [0.25, 0.3) is 0 Å². The fourth-order valence-corrected chi connectivity index (χ4v) is 1.64. The zero-order chi connectivity index (χ0) is 11.4. The molecule has 0 aromatic heterocycles. The molecule has 0 aromatic rings. The minimum atomic E-state index is -0.484. The lowest BCUT2D eigenvalue weighted by molar-refractivity contribution is -0.149. The van der Waals surface area contributed by atoms with Crippen LogP contribution in [-0.2, 0) is 9.59 Å². The second-order valence-corrected chi connectivity index (χ2v) is 4.19. The number of hydrogen-bond acceptors (Lipinski definition) is 4. The molecule has 1 aliphatic rings. The van der Waals surface area contributed by atoms with Gasteiger partial charge in [-0.3, -0.25) is 14.5 Å². The van der Waals surface area contributed by atoms with Gasteiger partial charge in [0.05, 0.1) is 6.04 Å². The van der Waals surface area contributed by atoms with E-state index < -0.39 is 6.04 Å². The quantitative estimate of drug-likeness (QED) is 0.634. The van der Waals surface area contributed by atoms with Crippen LogP contribution in [0.2, 0.25) is 0 Å². The van der Waals surface area contributed by atoms with Gasteiger partial charge in [-0.2, -0.15) is 0 Å². The molecule has 15 heavy (non-hydrogen) atoms. The van der Waals surface area contributed by atoms with Crippen LogP contribution in [0.3, 0.4) is 0 Å². The van der Waals surface area contributed by atoms with Crippen LogP contribution in [-0.4, -0.2) is 54.8 Å². The van der Waals surface area contributed by atoms with E-state index in [-0.39, 0.29) is 11.8 Å². The molecule has 1 saturated heterocycles. The predicted molar refractivity (Wildman–Crippen MR) is 57.1 cm³/mol. The zero-order valence-electron chi connectivity index (χ0n) is 9.40. The summed E-state index contributed by atoms with van der Waals surface area (Å²) < 4.78 is 0. The van der Waals surface area contributed by atoms with E-state index in [0.717, 1.165) is 13.0 Å². The summed E-state index contributed by atoms with van der Waals surface area (Å²) in [6.07, 6.45) is 1.69. The number of nitrogens with zero attached hydrogens (tertiary/aromatic N) is 2. The largest absolute Gasteiger partial charge is 0.320 e. The maximum absolute atomic E-state index is 11.6. The summed E-state index contributed by atoms with van der Waals surface area (Å²) in [7, 11) is 3.93. The Bertz CT molecular complexity index is 253. The number of nitrogens with two attached hydrogens (primary N) is 1. The molecule has 0 bridgehead atoms. The van der Waals surface area contributed by atoms with Gasteiger partial charge in [-0.15, -0.1) is 0 Å². The molecule has 86 valence electrons. The number of imide groups is 1. The van der Waals surface area contributed by atoms with Gasteiger partial charge in [0.25, 0.3) is 0 Å². The van der Waals surface area contributed by atoms with Gasteiger partial charge in [0.1, 0.15) is 0 Å². The molecule has 0 aromatic carbocycles. The SMILES string of the molecule is CN(C)CCCN1C(=O)CC[C@H](N)C1=O. The van der Waals surface area contributed by atoms with E-state index in [1.807, 2.05) is 19.0 Å². The second-order valence-electron chi connectivity index (χ2n) is 4.19. The maximum Gasteiger partial charge on any atom is 0.246 e. The number of carbonyl (C=O) groups is 2. The molecule has 0 radical (unpaired) electrons. The van der Waals surface area contributed by atoms with Crippen molar-refractivity contribution in [2.24, 2.45) is 5.73 Å².